The maximum absolute atomic E-state index is 12.2. The number of rotatable bonds is 7. The Morgan fingerprint density at radius 1 is 1.25 bits per heavy atom. The summed E-state index contributed by atoms with van der Waals surface area (Å²) in [7, 11) is 2.70. The van der Waals surface area contributed by atoms with E-state index in [9.17, 15) is 18.0 Å². The molecule has 1 aliphatic rings. The van der Waals surface area contributed by atoms with Crippen LogP contribution in [0.25, 0.3) is 0 Å². The second-order valence-electron chi connectivity index (χ2n) is 6.01. The number of alkyl halides is 3. The Labute approximate surface area is 158 Å². The number of carbonyl (C=O) groups excluding carboxylic acids is 1. The normalized spacial score (nSPS) is 15.8. The molecule has 2 N–H and O–H groups in total. The summed E-state index contributed by atoms with van der Waals surface area (Å²) in [6.07, 6.45) is 3.10. The van der Waals surface area contributed by atoms with Gasteiger partial charge >= 0.3 is 6.18 Å². The summed E-state index contributed by atoms with van der Waals surface area (Å²) in [5, 5.41) is 5.83. The summed E-state index contributed by atoms with van der Waals surface area (Å²) in [5.41, 5.74) is 0. The molecule has 0 saturated heterocycles. The van der Waals surface area contributed by atoms with Gasteiger partial charge in [-0.25, -0.2) is 0 Å². The van der Waals surface area contributed by atoms with E-state index in [0.717, 1.165) is 25.9 Å². The number of aliphatic imine (C=N–C) groups is 1. The minimum atomic E-state index is -4.38. The van der Waals surface area contributed by atoms with E-state index in [1.165, 1.54) is 32.1 Å². The highest BCUT2D eigenvalue weighted by Gasteiger charge is 2.31. The summed E-state index contributed by atoms with van der Waals surface area (Å²) >= 11 is 0. The van der Waals surface area contributed by atoms with Crippen LogP contribution < -0.4 is 10.6 Å². The van der Waals surface area contributed by atoms with Crippen LogP contribution in [-0.4, -0.2) is 56.7 Å². The maximum atomic E-state index is 12.2. The first-order valence-electron chi connectivity index (χ1n) is 8.07. The Kier molecular flexibility index (Phi) is 11.4. The van der Waals surface area contributed by atoms with Crippen LogP contribution in [0.4, 0.5) is 13.2 Å². The SMILES string of the molecule is CN=C(NCCCC1CCCC1)NCC(=O)N(C)CC(F)(F)F.I. The van der Waals surface area contributed by atoms with E-state index in [1.54, 1.807) is 7.05 Å². The van der Waals surface area contributed by atoms with Crippen LogP contribution in [0, 0.1) is 5.92 Å². The van der Waals surface area contributed by atoms with Gasteiger partial charge in [0, 0.05) is 20.6 Å². The first kappa shape index (κ1) is 23.3. The number of amides is 1. The van der Waals surface area contributed by atoms with Crippen molar-refractivity contribution in [2.75, 3.05) is 33.7 Å². The number of nitrogens with one attached hydrogen (secondary N) is 2. The lowest BCUT2D eigenvalue weighted by Gasteiger charge is -2.20. The fourth-order valence-corrected chi connectivity index (χ4v) is 2.77. The lowest BCUT2D eigenvalue weighted by molar-refractivity contribution is -0.157. The molecule has 1 aliphatic carbocycles. The Hall–Kier alpha value is -0.740. The van der Waals surface area contributed by atoms with Gasteiger partial charge in [0.05, 0.1) is 6.54 Å². The van der Waals surface area contributed by atoms with Crippen molar-refractivity contribution in [1.29, 1.82) is 0 Å². The predicted molar refractivity (Wildman–Crippen MR) is 99.7 cm³/mol. The third-order valence-corrected chi connectivity index (χ3v) is 4.03. The quantitative estimate of drug-likeness (QED) is 0.264. The largest absolute Gasteiger partial charge is 0.406 e. The highest BCUT2D eigenvalue weighted by Crippen LogP contribution is 2.28. The first-order chi connectivity index (χ1) is 10.8. The molecule has 0 aliphatic heterocycles. The van der Waals surface area contributed by atoms with Gasteiger partial charge in [-0.1, -0.05) is 25.7 Å². The first-order valence-corrected chi connectivity index (χ1v) is 8.07. The van der Waals surface area contributed by atoms with E-state index in [1.807, 2.05) is 0 Å². The van der Waals surface area contributed by atoms with Gasteiger partial charge in [0.15, 0.2) is 5.96 Å². The molecule has 0 aromatic carbocycles. The van der Waals surface area contributed by atoms with Crippen LogP contribution >= 0.6 is 24.0 Å². The summed E-state index contributed by atoms with van der Waals surface area (Å²) in [6, 6.07) is 0. The molecule has 5 nitrogen and oxygen atoms in total. The molecule has 142 valence electrons. The molecule has 1 amide bonds. The van der Waals surface area contributed by atoms with Gasteiger partial charge in [-0.05, 0) is 18.8 Å². The Morgan fingerprint density at radius 2 is 1.88 bits per heavy atom. The smallest absolute Gasteiger partial charge is 0.356 e. The zero-order valence-electron chi connectivity index (χ0n) is 14.3. The van der Waals surface area contributed by atoms with E-state index < -0.39 is 18.6 Å². The van der Waals surface area contributed by atoms with Crippen molar-refractivity contribution < 1.29 is 18.0 Å². The summed E-state index contributed by atoms with van der Waals surface area (Å²) in [4.78, 5) is 16.2. The zero-order chi connectivity index (χ0) is 17.3. The molecular formula is C15H28F3IN4O. The van der Waals surface area contributed by atoms with Gasteiger partial charge in [-0.2, -0.15) is 13.2 Å². The van der Waals surface area contributed by atoms with Crippen molar-refractivity contribution in [2.45, 2.75) is 44.7 Å². The number of likely N-dealkylation sites (N-methyl/N-ethyl adjacent to an activating group) is 1. The predicted octanol–water partition coefficient (Wildman–Crippen LogP) is 2.76. The summed E-state index contributed by atoms with van der Waals surface area (Å²) in [6.45, 7) is -0.724. The lowest BCUT2D eigenvalue weighted by Crippen LogP contribution is -2.45. The minimum absolute atomic E-state index is 0. The van der Waals surface area contributed by atoms with Crippen molar-refractivity contribution in [1.82, 2.24) is 15.5 Å². The number of guanidine groups is 1. The minimum Gasteiger partial charge on any atom is -0.356 e. The molecule has 1 fully saturated rings. The average molecular weight is 464 g/mol. The molecule has 1 rings (SSSR count). The maximum Gasteiger partial charge on any atom is 0.406 e. The highest BCUT2D eigenvalue weighted by molar-refractivity contribution is 14.0. The molecule has 0 radical (unpaired) electrons. The third-order valence-electron chi connectivity index (χ3n) is 4.03. The Bertz CT molecular complexity index is 399. The number of nitrogens with zero attached hydrogens (tertiary/aromatic N) is 2. The van der Waals surface area contributed by atoms with Gasteiger partial charge < -0.3 is 15.5 Å². The molecular weight excluding hydrogens is 436 g/mol. The third kappa shape index (κ3) is 10.2. The second-order valence-corrected chi connectivity index (χ2v) is 6.01. The van der Waals surface area contributed by atoms with Crippen molar-refractivity contribution >= 4 is 35.8 Å². The summed E-state index contributed by atoms with van der Waals surface area (Å²) < 4.78 is 36.6. The fourth-order valence-electron chi connectivity index (χ4n) is 2.77. The van der Waals surface area contributed by atoms with E-state index in [4.69, 9.17) is 0 Å². The Morgan fingerprint density at radius 3 is 2.42 bits per heavy atom. The number of hydrogen-bond acceptors (Lipinski definition) is 2. The van der Waals surface area contributed by atoms with E-state index >= 15 is 0 Å². The topological polar surface area (TPSA) is 56.7 Å². The average Bonchev–Trinajstić information content (AvgIpc) is 2.97. The van der Waals surface area contributed by atoms with Crippen molar-refractivity contribution in [3.63, 3.8) is 0 Å². The van der Waals surface area contributed by atoms with Crippen molar-refractivity contribution in [3.05, 3.63) is 0 Å². The summed E-state index contributed by atoms with van der Waals surface area (Å²) in [5.74, 6) is 0.630. The molecule has 0 unspecified atom stereocenters. The van der Waals surface area contributed by atoms with Gasteiger partial charge in [0.2, 0.25) is 5.91 Å². The molecule has 0 bridgehead atoms. The number of halogens is 4. The van der Waals surface area contributed by atoms with Crippen LogP contribution in [-0.2, 0) is 4.79 Å². The molecule has 1 saturated carbocycles. The second kappa shape index (κ2) is 11.8. The molecule has 0 spiro atoms. The van der Waals surface area contributed by atoms with E-state index in [-0.39, 0.29) is 30.5 Å². The number of hydrogen-bond donors (Lipinski definition) is 2. The molecule has 0 atom stereocenters. The molecule has 0 aromatic rings. The van der Waals surface area contributed by atoms with Crippen molar-refractivity contribution in [2.24, 2.45) is 10.9 Å². The lowest BCUT2D eigenvalue weighted by atomic mass is 10.0. The standard InChI is InChI=1S/C15H27F3N4O.HI/c1-19-14(20-9-5-8-12-6-3-4-7-12)21-10-13(23)22(2)11-15(16,17)18;/h12H,3-11H2,1-2H3,(H2,19,20,21);1H. The van der Waals surface area contributed by atoms with Crippen LogP contribution in [0.5, 0.6) is 0 Å². The van der Waals surface area contributed by atoms with E-state index in [2.05, 4.69) is 15.6 Å². The van der Waals surface area contributed by atoms with Gasteiger partial charge in [0.25, 0.3) is 0 Å². The van der Waals surface area contributed by atoms with Gasteiger partial charge in [0.1, 0.15) is 6.54 Å². The van der Waals surface area contributed by atoms with Gasteiger partial charge in [-0.3, -0.25) is 9.79 Å². The van der Waals surface area contributed by atoms with E-state index in [0.29, 0.717) is 10.9 Å². The fraction of sp³-hybridized carbons (Fsp3) is 0.867. The van der Waals surface area contributed by atoms with Crippen LogP contribution in [0.3, 0.4) is 0 Å². The van der Waals surface area contributed by atoms with Crippen LogP contribution in [0.1, 0.15) is 38.5 Å². The molecule has 0 aromatic heterocycles. The molecule has 0 heterocycles. The molecule has 24 heavy (non-hydrogen) atoms. The van der Waals surface area contributed by atoms with Crippen LogP contribution in [0.2, 0.25) is 0 Å². The highest BCUT2D eigenvalue weighted by atomic mass is 127. The monoisotopic (exact) mass is 464 g/mol. The Balaban J connectivity index is 0.00000529. The van der Waals surface area contributed by atoms with Crippen LogP contribution in [0.15, 0.2) is 4.99 Å². The number of carbonyl (C=O) groups is 1. The van der Waals surface area contributed by atoms with Crippen molar-refractivity contribution in [3.8, 4) is 0 Å². The zero-order valence-corrected chi connectivity index (χ0v) is 16.6. The molecule has 9 heteroatoms. The van der Waals surface area contributed by atoms with Gasteiger partial charge in [-0.15, -0.1) is 24.0 Å².